The first-order valence-electron chi connectivity index (χ1n) is 10.9. The van der Waals surface area contributed by atoms with Gasteiger partial charge in [0.15, 0.2) is 6.04 Å². The van der Waals surface area contributed by atoms with Gasteiger partial charge in [-0.15, -0.1) is 0 Å². The van der Waals surface area contributed by atoms with E-state index in [1.165, 1.54) is 6.07 Å². The molecule has 0 aliphatic heterocycles. The fourth-order valence-corrected chi connectivity index (χ4v) is 3.53. The van der Waals surface area contributed by atoms with E-state index in [1.807, 2.05) is 19.9 Å². The van der Waals surface area contributed by atoms with Crippen molar-refractivity contribution in [2.45, 2.75) is 59.1 Å². The third kappa shape index (κ3) is 6.22. The van der Waals surface area contributed by atoms with Crippen molar-refractivity contribution in [2.75, 3.05) is 0 Å². The number of ether oxygens (including phenoxy) is 2. The minimum atomic E-state index is -1.10. The van der Waals surface area contributed by atoms with Crippen LogP contribution in [0.1, 0.15) is 56.8 Å². The Morgan fingerprint density at radius 3 is 2.42 bits per heavy atom. The van der Waals surface area contributed by atoms with Crippen molar-refractivity contribution in [2.24, 2.45) is 0 Å². The Kier molecular flexibility index (Phi) is 7.21. The van der Waals surface area contributed by atoms with E-state index in [2.05, 4.69) is 5.32 Å². The van der Waals surface area contributed by atoms with Crippen molar-refractivity contribution >= 4 is 23.0 Å². The molecule has 7 heteroatoms. The zero-order valence-corrected chi connectivity index (χ0v) is 19.6. The number of benzene rings is 2. The van der Waals surface area contributed by atoms with Gasteiger partial charge in [-0.2, -0.15) is 0 Å². The first kappa shape index (κ1) is 24.0. The molecule has 2 aromatic carbocycles. The number of esters is 1. The molecule has 0 spiro atoms. The van der Waals surface area contributed by atoms with Gasteiger partial charge in [0.25, 0.3) is 0 Å². The Balaban J connectivity index is 2.01. The maximum absolute atomic E-state index is 13.3. The molecule has 1 N–H and O–H groups in total. The number of carbonyl (C=O) groups excluding carboxylic acids is 2. The van der Waals surface area contributed by atoms with E-state index in [-0.39, 0.29) is 5.75 Å². The van der Waals surface area contributed by atoms with E-state index in [4.69, 9.17) is 13.9 Å². The van der Waals surface area contributed by atoms with Gasteiger partial charge in [-0.3, -0.25) is 0 Å². The fraction of sp³-hybridized carbons (Fsp3) is 0.346. The molecule has 33 heavy (non-hydrogen) atoms. The van der Waals surface area contributed by atoms with E-state index in [9.17, 15) is 14.4 Å². The van der Waals surface area contributed by atoms with E-state index >= 15 is 0 Å². The van der Waals surface area contributed by atoms with Gasteiger partial charge in [0, 0.05) is 6.07 Å². The van der Waals surface area contributed by atoms with E-state index in [0.29, 0.717) is 23.0 Å². The van der Waals surface area contributed by atoms with Gasteiger partial charge in [0.1, 0.15) is 16.9 Å². The van der Waals surface area contributed by atoms with Crippen molar-refractivity contribution in [1.29, 1.82) is 0 Å². The molecule has 3 aromatic rings. The summed E-state index contributed by atoms with van der Waals surface area (Å²) in [6, 6.07) is 12.6. The number of rotatable bonds is 6. The second kappa shape index (κ2) is 9.90. The summed E-state index contributed by atoms with van der Waals surface area (Å²) in [6.45, 7) is 9.03. The average molecular weight is 452 g/mol. The molecule has 1 amide bonds. The lowest BCUT2D eigenvalue weighted by molar-refractivity contribution is -0.136. The standard InChI is InChI=1S/C26H29NO6/c1-6-10-18-15-21(28)31-19-13-16(2)14-20(22(18)19)32-24(29)23(17-11-8-7-9-12-17)27-25(30)33-26(3,4)5/h7-9,11-15,23H,6,10H2,1-5H3,(H,27,30)/t23-/m0/s1. The minimum absolute atomic E-state index is 0.272. The van der Waals surface area contributed by atoms with Crippen LogP contribution in [0.15, 0.2) is 57.7 Å². The molecule has 0 saturated heterocycles. The number of fused-ring (bicyclic) bond motifs is 1. The first-order chi connectivity index (χ1) is 15.6. The minimum Gasteiger partial charge on any atom is -0.444 e. The normalized spacial score (nSPS) is 12.3. The number of aryl methyl sites for hydroxylation is 2. The van der Waals surface area contributed by atoms with Gasteiger partial charge < -0.3 is 19.2 Å². The van der Waals surface area contributed by atoms with Crippen molar-refractivity contribution in [3.05, 3.63) is 75.6 Å². The van der Waals surface area contributed by atoms with Crippen LogP contribution in [0, 0.1) is 6.92 Å². The predicted molar refractivity (Wildman–Crippen MR) is 125 cm³/mol. The highest BCUT2D eigenvalue weighted by atomic mass is 16.6. The Bertz CT molecular complexity index is 1210. The molecule has 0 aliphatic carbocycles. The largest absolute Gasteiger partial charge is 0.444 e. The molecular formula is C26H29NO6. The molecule has 1 heterocycles. The lowest BCUT2D eigenvalue weighted by Crippen LogP contribution is -2.39. The number of nitrogens with one attached hydrogen (secondary N) is 1. The van der Waals surface area contributed by atoms with Gasteiger partial charge in [0.2, 0.25) is 0 Å². The highest BCUT2D eigenvalue weighted by Gasteiger charge is 2.28. The molecule has 7 nitrogen and oxygen atoms in total. The van der Waals surface area contributed by atoms with E-state index in [0.717, 1.165) is 17.5 Å². The maximum atomic E-state index is 13.3. The molecular weight excluding hydrogens is 422 g/mol. The number of hydrogen-bond acceptors (Lipinski definition) is 6. The number of alkyl carbamates (subject to hydrolysis) is 1. The van der Waals surface area contributed by atoms with Crippen molar-refractivity contribution in [3.8, 4) is 5.75 Å². The lowest BCUT2D eigenvalue weighted by Gasteiger charge is -2.23. The molecule has 1 atom stereocenters. The summed E-state index contributed by atoms with van der Waals surface area (Å²) in [5.74, 6) is -0.415. The summed E-state index contributed by atoms with van der Waals surface area (Å²) in [5, 5.41) is 3.18. The molecule has 1 aromatic heterocycles. The van der Waals surface area contributed by atoms with Crippen LogP contribution < -0.4 is 15.7 Å². The van der Waals surface area contributed by atoms with Gasteiger partial charge >= 0.3 is 17.7 Å². The van der Waals surface area contributed by atoms with Crippen LogP contribution in [0.3, 0.4) is 0 Å². The molecule has 0 aliphatic rings. The molecule has 0 unspecified atom stereocenters. The van der Waals surface area contributed by atoms with Crippen LogP contribution in [-0.4, -0.2) is 17.7 Å². The van der Waals surface area contributed by atoms with Gasteiger partial charge in [0.05, 0.1) is 5.39 Å². The van der Waals surface area contributed by atoms with Crippen LogP contribution in [-0.2, 0) is 16.0 Å². The summed E-state index contributed by atoms with van der Waals surface area (Å²) in [5.41, 5.74) is 1.22. The summed E-state index contributed by atoms with van der Waals surface area (Å²) in [6.07, 6.45) is 0.681. The molecule has 3 rings (SSSR count). The Hall–Kier alpha value is -3.61. The fourth-order valence-electron chi connectivity index (χ4n) is 3.53. The Morgan fingerprint density at radius 2 is 1.79 bits per heavy atom. The summed E-state index contributed by atoms with van der Waals surface area (Å²) in [7, 11) is 0. The van der Waals surface area contributed by atoms with Crippen LogP contribution in [0.25, 0.3) is 11.0 Å². The topological polar surface area (TPSA) is 94.8 Å². The molecule has 0 fully saturated rings. The van der Waals surface area contributed by atoms with Crippen LogP contribution in [0.5, 0.6) is 5.75 Å². The zero-order valence-electron chi connectivity index (χ0n) is 19.6. The predicted octanol–water partition coefficient (Wildman–Crippen LogP) is 5.23. The highest BCUT2D eigenvalue weighted by Crippen LogP contribution is 2.32. The second-order valence-corrected chi connectivity index (χ2v) is 8.89. The number of carbonyl (C=O) groups is 2. The first-order valence-corrected chi connectivity index (χ1v) is 10.9. The van der Waals surface area contributed by atoms with Gasteiger partial charge in [-0.25, -0.2) is 14.4 Å². The quantitative estimate of drug-likeness (QED) is 0.313. The SMILES string of the molecule is CCCc1cc(=O)oc2cc(C)cc(OC(=O)[C@@H](NC(=O)OC(C)(C)C)c3ccccc3)c12. The monoisotopic (exact) mass is 451 g/mol. The number of amides is 1. The number of hydrogen-bond donors (Lipinski definition) is 1. The highest BCUT2D eigenvalue weighted by molar-refractivity contribution is 5.92. The average Bonchev–Trinajstić information content (AvgIpc) is 2.70. The molecule has 0 radical (unpaired) electrons. The van der Waals surface area contributed by atoms with Crippen molar-refractivity contribution < 1.29 is 23.5 Å². The van der Waals surface area contributed by atoms with Gasteiger partial charge in [-0.05, 0) is 62.9 Å². The van der Waals surface area contributed by atoms with Crippen LogP contribution in [0.2, 0.25) is 0 Å². The molecule has 174 valence electrons. The molecule has 0 bridgehead atoms. The van der Waals surface area contributed by atoms with E-state index in [1.54, 1.807) is 57.2 Å². The summed E-state index contributed by atoms with van der Waals surface area (Å²) in [4.78, 5) is 37.8. The zero-order chi connectivity index (χ0) is 24.2. The Labute approximate surface area is 192 Å². The molecule has 0 saturated carbocycles. The Morgan fingerprint density at radius 1 is 1.09 bits per heavy atom. The van der Waals surface area contributed by atoms with Crippen LogP contribution >= 0.6 is 0 Å². The van der Waals surface area contributed by atoms with E-state index < -0.39 is 29.3 Å². The summed E-state index contributed by atoms with van der Waals surface area (Å²) >= 11 is 0. The third-order valence-corrected chi connectivity index (χ3v) is 4.79. The van der Waals surface area contributed by atoms with Crippen LogP contribution in [0.4, 0.5) is 4.79 Å². The lowest BCUT2D eigenvalue weighted by atomic mass is 10.0. The third-order valence-electron chi connectivity index (χ3n) is 4.79. The van der Waals surface area contributed by atoms with Crippen molar-refractivity contribution in [1.82, 2.24) is 5.32 Å². The summed E-state index contributed by atoms with van der Waals surface area (Å²) < 4.78 is 16.5. The van der Waals surface area contributed by atoms with Crippen molar-refractivity contribution in [3.63, 3.8) is 0 Å². The smallest absolute Gasteiger partial charge is 0.408 e. The van der Waals surface area contributed by atoms with Gasteiger partial charge in [-0.1, -0.05) is 43.7 Å². The maximum Gasteiger partial charge on any atom is 0.408 e. The second-order valence-electron chi connectivity index (χ2n) is 8.89.